The topological polar surface area (TPSA) is 109 Å². The zero-order chi connectivity index (χ0) is 20.4. The van der Waals surface area contributed by atoms with Crippen molar-refractivity contribution in [3.8, 4) is 17.2 Å². The average Bonchev–Trinajstić information content (AvgIpc) is 2.69. The monoisotopic (exact) mass is 392 g/mol. The second-order valence-electron chi connectivity index (χ2n) is 6.54. The first-order chi connectivity index (χ1) is 13.6. The molecule has 7 nitrogen and oxygen atoms in total. The van der Waals surface area contributed by atoms with Crippen molar-refractivity contribution in [3.05, 3.63) is 41.0 Å². The van der Waals surface area contributed by atoms with E-state index in [0.717, 1.165) is 19.3 Å². The van der Waals surface area contributed by atoms with Crippen LogP contribution in [-0.4, -0.2) is 34.6 Å². The molecule has 3 N–H and O–H groups in total. The summed E-state index contributed by atoms with van der Waals surface area (Å²) in [6.07, 6.45) is 7.98. The maximum Gasteiger partial charge on any atom is 0.383 e. The van der Waals surface area contributed by atoms with Crippen LogP contribution in [-0.2, 0) is 0 Å². The number of benzene rings is 1. The Hall–Kier alpha value is -2.51. The Labute approximate surface area is 163 Å². The molecule has 0 amide bonds. The molecule has 0 spiro atoms. The number of unbranched alkanes of at least 4 members (excludes halogenated alkanes) is 4. The third-order valence-electron chi connectivity index (χ3n) is 4.25. The maximum absolute atomic E-state index is 12.1. The largest absolute Gasteiger partial charge is 0.504 e. The fourth-order valence-corrected chi connectivity index (χ4v) is 2.62. The van der Waals surface area contributed by atoms with E-state index < -0.39 is 11.7 Å². The lowest BCUT2D eigenvalue weighted by molar-refractivity contribution is 0.0754. The van der Waals surface area contributed by atoms with Gasteiger partial charge in [-0.25, -0.2) is 4.79 Å². The highest BCUT2D eigenvalue weighted by molar-refractivity contribution is 5.86. The van der Waals surface area contributed by atoms with Gasteiger partial charge in [0.15, 0.2) is 5.75 Å². The molecule has 154 valence electrons. The van der Waals surface area contributed by atoms with Gasteiger partial charge < -0.3 is 29.2 Å². The molecular formula is C21H28O7. The Morgan fingerprint density at radius 1 is 1.25 bits per heavy atom. The third-order valence-corrected chi connectivity index (χ3v) is 4.25. The van der Waals surface area contributed by atoms with Gasteiger partial charge in [-0.2, -0.15) is 0 Å². The summed E-state index contributed by atoms with van der Waals surface area (Å²) in [6, 6.07) is 4.63. The Morgan fingerprint density at radius 3 is 2.82 bits per heavy atom. The van der Waals surface area contributed by atoms with Crippen LogP contribution >= 0.6 is 0 Å². The van der Waals surface area contributed by atoms with Gasteiger partial charge in [0.05, 0.1) is 31.0 Å². The normalized spacial score (nSPS) is 12.5. The molecule has 7 heteroatoms. The van der Waals surface area contributed by atoms with Crippen molar-refractivity contribution in [2.24, 2.45) is 0 Å². The summed E-state index contributed by atoms with van der Waals surface area (Å²) in [4.78, 5) is 12.1. The number of fused-ring (bicyclic) bond motifs is 1. The quantitative estimate of drug-likeness (QED) is 0.288. The highest BCUT2D eigenvalue weighted by atomic mass is 16.5. The molecule has 1 aromatic carbocycles. The van der Waals surface area contributed by atoms with Crippen LogP contribution in [0.1, 0.15) is 45.4 Å². The van der Waals surface area contributed by atoms with E-state index in [4.69, 9.17) is 19.0 Å². The van der Waals surface area contributed by atoms with Gasteiger partial charge in [0.1, 0.15) is 11.3 Å². The first-order valence-corrected chi connectivity index (χ1v) is 9.60. The number of aromatic hydroxyl groups is 1. The lowest BCUT2D eigenvalue weighted by Crippen LogP contribution is -2.15. The van der Waals surface area contributed by atoms with Crippen LogP contribution in [0.5, 0.6) is 17.2 Å². The Bertz CT molecular complexity index is 825. The number of rotatable bonds is 12. The minimum absolute atomic E-state index is 0.189. The second kappa shape index (κ2) is 11.4. The highest BCUT2D eigenvalue weighted by Gasteiger charge is 2.16. The average molecular weight is 392 g/mol. The van der Waals surface area contributed by atoms with Gasteiger partial charge in [-0.3, -0.25) is 0 Å². The highest BCUT2D eigenvalue weighted by Crippen LogP contribution is 2.33. The van der Waals surface area contributed by atoms with Gasteiger partial charge in [0.25, 0.3) is 5.75 Å². The lowest BCUT2D eigenvalue weighted by Gasteiger charge is -2.10. The van der Waals surface area contributed by atoms with Crippen LogP contribution in [0.2, 0.25) is 0 Å². The van der Waals surface area contributed by atoms with Gasteiger partial charge >= 0.3 is 5.63 Å². The molecular weight excluding hydrogens is 364 g/mol. The Morgan fingerprint density at radius 2 is 2.07 bits per heavy atom. The SMILES string of the molecule is CCCCCC/C=C/Oc1c(O)c2cc(OCCC(O)CO)ccc2oc1=O. The molecule has 1 unspecified atom stereocenters. The molecule has 1 heterocycles. The van der Waals surface area contributed by atoms with Gasteiger partial charge in [-0.05, 0) is 37.1 Å². The summed E-state index contributed by atoms with van der Waals surface area (Å²) in [5.74, 6) is -0.160. The van der Waals surface area contributed by atoms with Crippen molar-refractivity contribution in [1.82, 2.24) is 0 Å². The van der Waals surface area contributed by atoms with Crippen molar-refractivity contribution in [3.63, 3.8) is 0 Å². The fourth-order valence-electron chi connectivity index (χ4n) is 2.62. The number of aliphatic hydroxyl groups excluding tert-OH is 2. The molecule has 0 saturated heterocycles. The third kappa shape index (κ3) is 6.28. The molecule has 0 radical (unpaired) electrons. The van der Waals surface area contributed by atoms with E-state index in [9.17, 15) is 15.0 Å². The van der Waals surface area contributed by atoms with E-state index in [-0.39, 0.29) is 42.1 Å². The summed E-state index contributed by atoms with van der Waals surface area (Å²) in [5.41, 5.74) is -0.554. The molecule has 0 aliphatic rings. The van der Waals surface area contributed by atoms with Gasteiger partial charge in [-0.1, -0.05) is 26.2 Å². The number of allylic oxidation sites excluding steroid dienone is 1. The summed E-state index contributed by atoms with van der Waals surface area (Å²) in [7, 11) is 0. The fraction of sp³-hybridized carbons (Fsp3) is 0.476. The van der Waals surface area contributed by atoms with E-state index in [1.807, 2.05) is 6.08 Å². The minimum atomic E-state index is -0.847. The molecule has 1 atom stereocenters. The first kappa shape index (κ1) is 21.8. The summed E-state index contributed by atoms with van der Waals surface area (Å²) >= 11 is 0. The lowest BCUT2D eigenvalue weighted by atomic mass is 10.1. The molecule has 0 bridgehead atoms. The molecule has 2 rings (SSSR count). The van der Waals surface area contributed by atoms with Crippen LogP contribution < -0.4 is 15.1 Å². The van der Waals surface area contributed by atoms with Gasteiger partial charge in [0.2, 0.25) is 0 Å². The van der Waals surface area contributed by atoms with Crippen molar-refractivity contribution in [2.75, 3.05) is 13.2 Å². The van der Waals surface area contributed by atoms with Crippen LogP contribution in [0.3, 0.4) is 0 Å². The van der Waals surface area contributed by atoms with Crippen molar-refractivity contribution in [2.45, 2.75) is 51.6 Å². The van der Waals surface area contributed by atoms with E-state index in [0.29, 0.717) is 5.75 Å². The Kier molecular flexibility index (Phi) is 8.84. The number of aliphatic hydroxyl groups is 2. The minimum Gasteiger partial charge on any atom is -0.504 e. The van der Waals surface area contributed by atoms with Gasteiger partial charge in [0, 0.05) is 6.42 Å². The molecule has 1 aromatic heterocycles. The van der Waals surface area contributed by atoms with Crippen molar-refractivity contribution >= 4 is 11.0 Å². The van der Waals surface area contributed by atoms with E-state index >= 15 is 0 Å². The van der Waals surface area contributed by atoms with Crippen LogP contribution in [0.15, 0.2) is 39.7 Å². The Balaban J connectivity index is 2.07. The van der Waals surface area contributed by atoms with E-state index in [1.54, 1.807) is 6.07 Å². The summed E-state index contributed by atoms with van der Waals surface area (Å²) < 4.78 is 16.0. The second-order valence-corrected chi connectivity index (χ2v) is 6.54. The number of hydrogen-bond acceptors (Lipinski definition) is 7. The maximum atomic E-state index is 12.1. The van der Waals surface area contributed by atoms with Gasteiger partial charge in [-0.15, -0.1) is 0 Å². The van der Waals surface area contributed by atoms with Crippen LogP contribution in [0.4, 0.5) is 0 Å². The van der Waals surface area contributed by atoms with E-state index in [1.165, 1.54) is 31.2 Å². The van der Waals surface area contributed by atoms with Crippen molar-refractivity contribution in [1.29, 1.82) is 0 Å². The molecule has 28 heavy (non-hydrogen) atoms. The standard InChI is InChI=1S/C21H28O7/c1-2-3-4-5-6-7-11-27-20-19(24)17-13-16(26-12-10-15(23)14-22)8-9-18(17)28-21(20)25/h7-9,11,13,15,22-24H,2-6,10,12,14H2,1H3/b11-7+. The number of ether oxygens (including phenoxy) is 2. The predicted molar refractivity (Wildman–Crippen MR) is 106 cm³/mol. The van der Waals surface area contributed by atoms with E-state index in [2.05, 4.69) is 6.92 Å². The van der Waals surface area contributed by atoms with Crippen LogP contribution in [0.25, 0.3) is 11.0 Å². The number of hydrogen-bond donors (Lipinski definition) is 3. The zero-order valence-corrected chi connectivity index (χ0v) is 16.1. The first-order valence-electron chi connectivity index (χ1n) is 9.60. The van der Waals surface area contributed by atoms with Crippen molar-refractivity contribution < 1.29 is 29.2 Å². The predicted octanol–water partition coefficient (Wildman–Crippen LogP) is 3.48. The zero-order valence-electron chi connectivity index (χ0n) is 16.1. The molecule has 0 saturated carbocycles. The molecule has 0 aliphatic carbocycles. The molecule has 2 aromatic rings. The summed E-state index contributed by atoms with van der Waals surface area (Å²) in [6.45, 7) is 2.00. The molecule has 0 fully saturated rings. The molecule has 0 aliphatic heterocycles. The summed E-state index contributed by atoms with van der Waals surface area (Å²) in [5, 5.41) is 28.9. The smallest absolute Gasteiger partial charge is 0.383 e. The van der Waals surface area contributed by atoms with Crippen LogP contribution in [0, 0.1) is 0 Å².